The maximum Gasteiger partial charge on any atom is 0.417 e. The summed E-state index contributed by atoms with van der Waals surface area (Å²) in [6.45, 7) is 4.71. The zero-order valence-electron chi connectivity index (χ0n) is 14.1. The second-order valence-electron chi connectivity index (χ2n) is 5.52. The fourth-order valence-corrected chi connectivity index (χ4v) is 2.96. The maximum absolute atomic E-state index is 12.8. The van der Waals surface area contributed by atoms with E-state index in [0.717, 1.165) is 22.9 Å². The van der Waals surface area contributed by atoms with E-state index >= 15 is 0 Å². The minimum absolute atomic E-state index is 0.0615. The molecule has 0 aliphatic carbocycles. The van der Waals surface area contributed by atoms with E-state index in [4.69, 9.17) is 0 Å². The molecule has 0 spiro atoms. The van der Waals surface area contributed by atoms with Gasteiger partial charge in [0.25, 0.3) is 0 Å². The Hall–Kier alpha value is -2.17. The third kappa shape index (κ3) is 4.14. The van der Waals surface area contributed by atoms with Crippen LogP contribution < -0.4 is 5.69 Å². The van der Waals surface area contributed by atoms with Crippen LogP contribution in [0.25, 0.3) is 5.69 Å². The number of tetrazole rings is 1. The molecule has 0 radical (unpaired) electrons. The van der Waals surface area contributed by atoms with Crippen LogP contribution in [-0.4, -0.2) is 43.8 Å². The van der Waals surface area contributed by atoms with Crippen molar-refractivity contribution < 1.29 is 18.0 Å². The van der Waals surface area contributed by atoms with Gasteiger partial charge >= 0.3 is 17.9 Å². The van der Waals surface area contributed by atoms with E-state index in [1.54, 1.807) is 0 Å². The molecule has 0 unspecified atom stereocenters. The van der Waals surface area contributed by atoms with Crippen LogP contribution >= 0.6 is 15.9 Å². The number of halogens is 4. The van der Waals surface area contributed by atoms with Gasteiger partial charge < -0.3 is 4.90 Å². The second kappa shape index (κ2) is 8.02. The van der Waals surface area contributed by atoms with Crippen LogP contribution in [0.2, 0.25) is 0 Å². The van der Waals surface area contributed by atoms with E-state index in [-0.39, 0.29) is 10.2 Å². The Balaban J connectivity index is 2.39. The van der Waals surface area contributed by atoms with Crippen molar-refractivity contribution in [3.8, 4) is 5.69 Å². The minimum Gasteiger partial charge on any atom is -0.323 e. The fourth-order valence-electron chi connectivity index (χ4n) is 2.37. The van der Waals surface area contributed by atoms with Gasteiger partial charge in [0.1, 0.15) is 0 Å². The number of benzene rings is 1. The van der Waals surface area contributed by atoms with Crippen molar-refractivity contribution >= 4 is 22.0 Å². The van der Waals surface area contributed by atoms with Gasteiger partial charge in [-0.3, -0.25) is 0 Å². The van der Waals surface area contributed by atoms with E-state index in [9.17, 15) is 22.8 Å². The van der Waals surface area contributed by atoms with Gasteiger partial charge in [0.15, 0.2) is 0 Å². The lowest BCUT2D eigenvalue weighted by molar-refractivity contribution is -0.138. The zero-order chi connectivity index (χ0) is 19.5. The summed E-state index contributed by atoms with van der Waals surface area (Å²) in [6, 6.07) is 2.40. The summed E-state index contributed by atoms with van der Waals surface area (Å²) in [6.07, 6.45) is -3.11. The first kappa shape index (κ1) is 20.1. The Morgan fingerprint density at radius 3 is 2.31 bits per heavy atom. The Bertz CT molecular complexity index is 841. The molecule has 0 bridgehead atoms. The second-order valence-corrected chi connectivity index (χ2v) is 6.37. The van der Waals surface area contributed by atoms with Gasteiger partial charge in [0.2, 0.25) is 0 Å². The van der Waals surface area contributed by atoms with Crippen LogP contribution in [0.3, 0.4) is 0 Å². The summed E-state index contributed by atoms with van der Waals surface area (Å²) >= 11 is 2.84. The molecule has 0 aliphatic heterocycles. The van der Waals surface area contributed by atoms with Gasteiger partial charge in [0.05, 0.1) is 11.3 Å². The highest BCUT2D eigenvalue weighted by Crippen LogP contribution is 2.35. The molecule has 26 heavy (non-hydrogen) atoms. The van der Waals surface area contributed by atoms with Gasteiger partial charge in [-0.05, 0) is 41.5 Å². The van der Waals surface area contributed by atoms with E-state index in [0.29, 0.717) is 30.6 Å². The minimum atomic E-state index is -4.53. The summed E-state index contributed by atoms with van der Waals surface area (Å²) in [5, 5.41) is 7.18. The van der Waals surface area contributed by atoms with Gasteiger partial charge in [0, 0.05) is 17.6 Å². The first-order chi connectivity index (χ1) is 12.2. The number of aromatic nitrogens is 4. The van der Waals surface area contributed by atoms with Gasteiger partial charge in [-0.2, -0.15) is 17.9 Å². The molecule has 11 heteroatoms. The summed E-state index contributed by atoms with van der Waals surface area (Å²) in [5.41, 5.74) is -1.67. The number of hydrogen-bond acceptors (Lipinski definition) is 4. The SMILES string of the molecule is CCCN(CCC)C(=O)n1nnn(-c2ccc(C(F)(F)F)c(Br)c2)c1=O. The normalized spacial score (nSPS) is 11.6. The molecular formula is C15H17BrF3N5O2. The molecule has 2 aromatic rings. The van der Waals surface area contributed by atoms with E-state index in [1.807, 2.05) is 13.8 Å². The van der Waals surface area contributed by atoms with Crippen molar-refractivity contribution in [3.63, 3.8) is 0 Å². The van der Waals surface area contributed by atoms with Crippen molar-refractivity contribution in [2.45, 2.75) is 32.9 Å². The number of nitrogens with zero attached hydrogens (tertiary/aromatic N) is 5. The quantitative estimate of drug-likeness (QED) is 0.675. The molecule has 7 nitrogen and oxygen atoms in total. The largest absolute Gasteiger partial charge is 0.417 e. The Labute approximate surface area is 155 Å². The topological polar surface area (TPSA) is 73.0 Å². The van der Waals surface area contributed by atoms with Crippen LogP contribution in [0.5, 0.6) is 0 Å². The highest BCUT2D eigenvalue weighted by atomic mass is 79.9. The molecule has 0 saturated heterocycles. The molecule has 0 saturated carbocycles. The van der Waals surface area contributed by atoms with Gasteiger partial charge in [-0.25, -0.2) is 9.59 Å². The third-order valence-electron chi connectivity index (χ3n) is 3.52. The maximum atomic E-state index is 12.8. The molecule has 1 heterocycles. The van der Waals surface area contributed by atoms with Gasteiger partial charge in [-0.15, -0.1) is 4.68 Å². The number of amides is 1. The fraction of sp³-hybridized carbons (Fsp3) is 0.467. The summed E-state index contributed by atoms with van der Waals surface area (Å²) in [7, 11) is 0. The van der Waals surface area contributed by atoms with Crippen molar-refractivity contribution in [2.24, 2.45) is 0 Å². The smallest absolute Gasteiger partial charge is 0.323 e. The van der Waals surface area contributed by atoms with E-state index in [1.165, 1.54) is 4.90 Å². The number of alkyl halides is 3. The highest BCUT2D eigenvalue weighted by Gasteiger charge is 2.33. The molecular weight excluding hydrogens is 419 g/mol. The van der Waals surface area contributed by atoms with Crippen molar-refractivity contribution in [2.75, 3.05) is 13.1 Å². The van der Waals surface area contributed by atoms with Crippen LogP contribution in [0.15, 0.2) is 27.5 Å². The first-order valence-electron chi connectivity index (χ1n) is 7.92. The lowest BCUT2D eigenvalue weighted by Gasteiger charge is -2.19. The monoisotopic (exact) mass is 435 g/mol. The summed E-state index contributed by atoms with van der Waals surface area (Å²) in [5.74, 6) is 0. The lowest BCUT2D eigenvalue weighted by atomic mass is 10.2. The predicted octanol–water partition coefficient (Wildman–Crippen LogP) is 3.30. The van der Waals surface area contributed by atoms with E-state index in [2.05, 4.69) is 26.4 Å². The van der Waals surface area contributed by atoms with Crippen molar-refractivity contribution in [3.05, 3.63) is 38.7 Å². The molecule has 0 N–H and O–H groups in total. The van der Waals surface area contributed by atoms with Crippen LogP contribution in [0.1, 0.15) is 32.3 Å². The Morgan fingerprint density at radius 2 is 1.81 bits per heavy atom. The van der Waals surface area contributed by atoms with Crippen molar-refractivity contribution in [1.29, 1.82) is 0 Å². The molecule has 0 fully saturated rings. The summed E-state index contributed by atoms with van der Waals surface area (Å²) < 4.78 is 39.6. The van der Waals surface area contributed by atoms with Crippen molar-refractivity contribution in [1.82, 2.24) is 24.7 Å². The number of carbonyl (C=O) groups is 1. The van der Waals surface area contributed by atoms with Crippen LogP contribution in [0.4, 0.5) is 18.0 Å². The molecule has 1 aromatic heterocycles. The molecule has 2 rings (SSSR count). The average Bonchev–Trinajstić information content (AvgIpc) is 2.94. The van der Waals surface area contributed by atoms with Crippen LogP contribution in [0, 0.1) is 0 Å². The molecule has 1 amide bonds. The highest BCUT2D eigenvalue weighted by molar-refractivity contribution is 9.10. The van der Waals surface area contributed by atoms with Gasteiger partial charge in [-0.1, -0.05) is 29.8 Å². The average molecular weight is 436 g/mol. The number of hydrogen-bond donors (Lipinski definition) is 0. The lowest BCUT2D eigenvalue weighted by Crippen LogP contribution is -2.41. The molecule has 0 aliphatic rings. The first-order valence-corrected chi connectivity index (χ1v) is 8.71. The standard InChI is InChI=1S/C15H17BrF3N5O2/c1-3-7-22(8-4-2)13(25)24-14(26)23(20-21-24)10-5-6-11(12(16)9-10)15(17,18)19/h5-6,9H,3-4,7-8H2,1-2H3. The zero-order valence-corrected chi connectivity index (χ0v) is 15.7. The molecule has 142 valence electrons. The molecule has 1 aromatic carbocycles. The molecule has 0 atom stereocenters. The Kier molecular flexibility index (Phi) is 6.21. The van der Waals surface area contributed by atoms with E-state index < -0.39 is 23.5 Å². The number of rotatable bonds is 5. The predicted molar refractivity (Wildman–Crippen MR) is 91.3 cm³/mol. The number of carbonyl (C=O) groups excluding carboxylic acids is 1. The summed E-state index contributed by atoms with van der Waals surface area (Å²) in [4.78, 5) is 26.4. The van der Waals surface area contributed by atoms with Crippen LogP contribution in [-0.2, 0) is 6.18 Å². The third-order valence-corrected chi connectivity index (χ3v) is 4.18. The Morgan fingerprint density at radius 1 is 1.19 bits per heavy atom.